The molecule has 0 aliphatic rings. The molecule has 0 aliphatic carbocycles. The third-order valence-electron chi connectivity index (χ3n) is 2.86. The number of aromatic nitrogens is 1. The zero-order valence-electron chi connectivity index (χ0n) is 12.3. The molecule has 0 saturated heterocycles. The molecule has 0 spiro atoms. The molecule has 118 valence electrons. The van der Waals surface area contributed by atoms with Crippen molar-refractivity contribution in [3.05, 3.63) is 51.0 Å². The van der Waals surface area contributed by atoms with Crippen LogP contribution in [0.2, 0.25) is 0 Å². The molecule has 0 unspecified atom stereocenters. The molecular formula is C16H18Br2N2O2. The number of rotatable bonds is 8. The van der Waals surface area contributed by atoms with Gasteiger partial charge in [-0.05, 0) is 41.1 Å². The molecule has 1 aromatic carbocycles. The lowest BCUT2D eigenvalue weighted by Crippen LogP contribution is -2.21. The van der Waals surface area contributed by atoms with Crippen LogP contribution in [0.4, 0.5) is 0 Å². The first-order valence-corrected chi connectivity index (χ1v) is 8.64. The minimum Gasteiger partial charge on any atom is -0.492 e. The summed E-state index contributed by atoms with van der Waals surface area (Å²) in [7, 11) is 0. The van der Waals surface area contributed by atoms with E-state index in [1.54, 1.807) is 6.20 Å². The van der Waals surface area contributed by atoms with E-state index in [0.717, 1.165) is 26.8 Å². The van der Waals surface area contributed by atoms with Crippen molar-refractivity contribution in [2.24, 2.45) is 0 Å². The highest BCUT2D eigenvalue weighted by Gasteiger charge is 2.09. The third-order valence-corrected chi connectivity index (χ3v) is 3.90. The lowest BCUT2D eigenvalue weighted by molar-refractivity contribution is 0.300. The summed E-state index contributed by atoms with van der Waals surface area (Å²) in [4.78, 5) is 4.11. The van der Waals surface area contributed by atoms with Gasteiger partial charge in [0.05, 0.1) is 11.1 Å². The van der Waals surface area contributed by atoms with Crippen molar-refractivity contribution in [2.45, 2.75) is 13.5 Å². The summed E-state index contributed by atoms with van der Waals surface area (Å²) in [5, 5.41) is 3.35. The Kier molecular flexibility index (Phi) is 7.15. The van der Waals surface area contributed by atoms with Gasteiger partial charge in [-0.15, -0.1) is 0 Å². The maximum absolute atomic E-state index is 5.70. The van der Waals surface area contributed by atoms with E-state index < -0.39 is 0 Å². The fourth-order valence-electron chi connectivity index (χ4n) is 1.93. The van der Waals surface area contributed by atoms with Crippen molar-refractivity contribution >= 4 is 31.9 Å². The first-order chi connectivity index (χ1) is 10.7. The van der Waals surface area contributed by atoms with Crippen LogP contribution in [-0.4, -0.2) is 24.7 Å². The standard InChI is InChI=1S/C16H18Br2N2O2/c1-2-21-16-12(9-13(17)10-14(16)18)11-19-7-8-22-15-5-3-4-6-20-15/h3-6,9-10,19H,2,7-8,11H2,1H3. The summed E-state index contributed by atoms with van der Waals surface area (Å²) in [6.07, 6.45) is 1.72. The average molecular weight is 430 g/mol. The van der Waals surface area contributed by atoms with E-state index in [1.165, 1.54) is 0 Å². The topological polar surface area (TPSA) is 43.4 Å². The Morgan fingerprint density at radius 2 is 2.05 bits per heavy atom. The van der Waals surface area contributed by atoms with Crippen molar-refractivity contribution < 1.29 is 9.47 Å². The van der Waals surface area contributed by atoms with E-state index in [2.05, 4.69) is 48.2 Å². The summed E-state index contributed by atoms with van der Waals surface area (Å²) in [6.45, 7) is 4.61. The molecule has 0 atom stereocenters. The quantitative estimate of drug-likeness (QED) is 0.639. The first-order valence-electron chi connectivity index (χ1n) is 7.06. The SMILES string of the molecule is CCOc1c(Br)cc(Br)cc1CNCCOc1ccccn1. The van der Waals surface area contributed by atoms with E-state index in [-0.39, 0.29) is 0 Å². The number of ether oxygens (including phenoxy) is 2. The highest BCUT2D eigenvalue weighted by molar-refractivity contribution is 9.11. The molecule has 1 heterocycles. The highest BCUT2D eigenvalue weighted by Crippen LogP contribution is 2.32. The summed E-state index contributed by atoms with van der Waals surface area (Å²) in [5.74, 6) is 1.52. The zero-order chi connectivity index (χ0) is 15.8. The van der Waals surface area contributed by atoms with E-state index in [1.807, 2.05) is 31.2 Å². The molecule has 0 saturated carbocycles. The van der Waals surface area contributed by atoms with Crippen LogP contribution < -0.4 is 14.8 Å². The van der Waals surface area contributed by atoms with Crippen LogP contribution in [0.5, 0.6) is 11.6 Å². The Hall–Kier alpha value is -1.11. The van der Waals surface area contributed by atoms with E-state index in [0.29, 0.717) is 25.6 Å². The van der Waals surface area contributed by atoms with Gasteiger partial charge >= 0.3 is 0 Å². The molecule has 2 rings (SSSR count). The molecule has 22 heavy (non-hydrogen) atoms. The molecule has 4 nitrogen and oxygen atoms in total. The molecule has 6 heteroatoms. The van der Waals surface area contributed by atoms with E-state index >= 15 is 0 Å². The predicted octanol–water partition coefficient (Wildman–Crippen LogP) is 4.17. The molecule has 0 bridgehead atoms. The smallest absolute Gasteiger partial charge is 0.213 e. The molecular weight excluding hydrogens is 412 g/mol. The number of hydrogen-bond acceptors (Lipinski definition) is 4. The molecule has 0 amide bonds. The van der Waals surface area contributed by atoms with E-state index in [9.17, 15) is 0 Å². The molecule has 1 aromatic heterocycles. The fraction of sp³-hybridized carbons (Fsp3) is 0.312. The minimum atomic E-state index is 0.566. The second-order valence-corrected chi connectivity index (χ2v) is 6.27. The van der Waals surface area contributed by atoms with Gasteiger partial charge in [-0.2, -0.15) is 0 Å². The maximum Gasteiger partial charge on any atom is 0.213 e. The highest BCUT2D eigenvalue weighted by atomic mass is 79.9. The number of nitrogens with one attached hydrogen (secondary N) is 1. The Bertz CT molecular complexity index is 594. The second-order valence-electron chi connectivity index (χ2n) is 4.50. The number of hydrogen-bond donors (Lipinski definition) is 1. The van der Waals surface area contributed by atoms with Crippen molar-refractivity contribution in [1.82, 2.24) is 10.3 Å². The van der Waals surface area contributed by atoms with Crippen molar-refractivity contribution in [2.75, 3.05) is 19.8 Å². The lowest BCUT2D eigenvalue weighted by Gasteiger charge is -2.14. The van der Waals surface area contributed by atoms with Gasteiger partial charge in [0.1, 0.15) is 12.4 Å². The van der Waals surface area contributed by atoms with Crippen molar-refractivity contribution in [3.63, 3.8) is 0 Å². The van der Waals surface area contributed by atoms with Crippen LogP contribution in [0, 0.1) is 0 Å². The Morgan fingerprint density at radius 3 is 2.77 bits per heavy atom. The van der Waals surface area contributed by atoms with Gasteiger partial charge in [0.15, 0.2) is 0 Å². The van der Waals surface area contributed by atoms with Gasteiger partial charge < -0.3 is 14.8 Å². The van der Waals surface area contributed by atoms with Crippen LogP contribution >= 0.6 is 31.9 Å². The van der Waals surface area contributed by atoms with Gasteiger partial charge in [0.25, 0.3) is 0 Å². The summed E-state index contributed by atoms with van der Waals surface area (Å²) < 4.78 is 13.2. The predicted molar refractivity (Wildman–Crippen MR) is 94.4 cm³/mol. The largest absolute Gasteiger partial charge is 0.492 e. The van der Waals surface area contributed by atoms with Crippen LogP contribution in [-0.2, 0) is 6.54 Å². The van der Waals surface area contributed by atoms with Crippen molar-refractivity contribution in [3.8, 4) is 11.6 Å². The number of benzene rings is 1. The Morgan fingerprint density at radius 1 is 1.18 bits per heavy atom. The van der Waals surface area contributed by atoms with Crippen molar-refractivity contribution in [1.29, 1.82) is 0 Å². The first kappa shape index (κ1) is 17.2. The molecule has 1 N–H and O–H groups in total. The normalized spacial score (nSPS) is 10.5. The lowest BCUT2D eigenvalue weighted by atomic mass is 10.2. The van der Waals surface area contributed by atoms with Crippen LogP contribution in [0.25, 0.3) is 0 Å². The minimum absolute atomic E-state index is 0.566. The summed E-state index contributed by atoms with van der Waals surface area (Å²) in [6, 6.07) is 9.66. The molecule has 2 aromatic rings. The monoisotopic (exact) mass is 428 g/mol. The summed E-state index contributed by atoms with van der Waals surface area (Å²) in [5.41, 5.74) is 1.10. The van der Waals surface area contributed by atoms with Gasteiger partial charge in [-0.1, -0.05) is 22.0 Å². The maximum atomic E-state index is 5.70. The van der Waals surface area contributed by atoms with Gasteiger partial charge in [0.2, 0.25) is 5.88 Å². The van der Waals surface area contributed by atoms with Crippen LogP contribution in [0.15, 0.2) is 45.5 Å². The number of pyridine rings is 1. The Balaban J connectivity index is 1.83. The van der Waals surface area contributed by atoms with Gasteiger partial charge in [0, 0.05) is 35.4 Å². The number of halogens is 2. The average Bonchev–Trinajstić information content (AvgIpc) is 2.51. The van der Waals surface area contributed by atoms with Gasteiger partial charge in [-0.25, -0.2) is 4.98 Å². The summed E-state index contributed by atoms with van der Waals surface area (Å²) >= 11 is 7.04. The second kappa shape index (κ2) is 9.12. The van der Waals surface area contributed by atoms with Gasteiger partial charge in [-0.3, -0.25) is 0 Å². The van der Waals surface area contributed by atoms with Crippen LogP contribution in [0.1, 0.15) is 12.5 Å². The van der Waals surface area contributed by atoms with E-state index in [4.69, 9.17) is 9.47 Å². The number of nitrogens with zero attached hydrogens (tertiary/aromatic N) is 1. The van der Waals surface area contributed by atoms with Crippen LogP contribution in [0.3, 0.4) is 0 Å². The molecule has 0 aliphatic heterocycles. The Labute approximate surface area is 147 Å². The fourth-order valence-corrected chi connectivity index (χ4v) is 3.36. The zero-order valence-corrected chi connectivity index (χ0v) is 15.5. The molecule has 0 radical (unpaired) electrons. The third kappa shape index (κ3) is 5.26. The molecule has 0 fully saturated rings.